The Morgan fingerprint density at radius 3 is 2.42 bits per heavy atom. The van der Waals surface area contributed by atoms with E-state index in [0.717, 1.165) is 13.1 Å². The molecule has 1 aromatic carbocycles. The molecular formula is C15H22FNO2. The van der Waals surface area contributed by atoms with Gasteiger partial charge in [-0.25, -0.2) is 4.39 Å². The van der Waals surface area contributed by atoms with E-state index in [1.807, 2.05) is 0 Å². The first kappa shape index (κ1) is 14.3. The number of methoxy groups -OCH3 is 1. The highest BCUT2D eigenvalue weighted by Crippen LogP contribution is 2.35. The van der Waals surface area contributed by atoms with Crippen LogP contribution in [0.3, 0.4) is 0 Å². The van der Waals surface area contributed by atoms with Gasteiger partial charge in [0.25, 0.3) is 0 Å². The summed E-state index contributed by atoms with van der Waals surface area (Å²) in [6, 6.07) is 5.21. The molecule has 1 heterocycles. The number of aliphatic hydroxyl groups is 1. The van der Waals surface area contributed by atoms with E-state index in [9.17, 15) is 9.50 Å². The Kier molecular flexibility index (Phi) is 4.11. The van der Waals surface area contributed by atoms with Crippen molar-refractivity contribution < 1.29 is 14.2 Å². The van der Waals surface area contributed by atoms with E-state index in [-0.39, 0.29) is 5.75 Å². The monoisotopic (exact) mass is 267 g/mol. The van der Waals surface area contributed by atoms with Crippen LogP contribution in [0.1, 0.15) is 32.3 Å². The number of piperidine rings is 1. The van der Waals surface area contributed by atoms with Gasteiger partial charge in [-0.2, -0.15) is 0 Å². The van der Waals surface area contributed by atoms with E-state index in [4.69, 9.17) is 4.74 Å². The van der Waals surface area contributed by atoms with Gasteiger partial charge in [-0.05, 0) is 44.4 Å². The van der Waals surface area contributed by atoms with Gasteiger partial charge in [0.1, 0.15) is 0 Å². The topological polar surface area (TPSA) is 32.7 Å². The zero-order valence-electron chi connectivity index (χ0n) is 11.8. The second-order valence-electron chi connectivity index (χ2n) is 5.51. The van der Waals surface area contributed by atoms with Gasteiger partial charge in [-0.1, -0.05) is 6.07 Å². The third-order valence-corrected chi connectivity index (χ3v) is 4.04. The zero-order valence-corrected chi connectivity index (χ0v) is 11.8. The molecule has 3 nitrogen and oxygen atoms in total. The molecule has 0 bridgehead atoms. The molecule has 0 unspecified atom stereocenters. The van der Waals surface area contributed by atoms with Crippen LogP contribution in [0.5, 0.6) is 5.75 Å². The lowest BCUT2D eigenvalue weighted by Crippen LogP contribution is -2.45. The van der Waals surface area contributed by atoms with Crippen LogP contribution in [0.4, 0.5) is 4.39 Å². The van der Waals surface area contributed by atoms with E-state index < -0.39 is 11.4 Å². The van der Waals surface area contributed by atoms with E-state index >= 15 is 0 Å². The third-order valence-electron chi connectivity index (χ3n) is 4.04. The van der Waals surface area contributed by atoms with Crippen LogP contribution in [0, 0.1) is 5.82 Å². The standard InChI is InChI=1S/C15H22FNO2/c1-11(2)17-8-6-15(18,7-9-17)12-4-5-14(19-3)13(16)10-12/h4-5,10-11,18H,6-9H2,1-3H3. The van der Waals surface area contributed by atoms with Crippen LogP contribution in [0.2, 0.25) is 0 Å². The van der Waals surface area contributed by atoms with Crippen LogP contribution < -0.4 is 4.74 Å². The Hall–Kier alpha value is -1.13. The first-order valence-corrected chi connectivity index (χ1v) is 6.77. The summed E-state index contributed by atoms with van der Waals surface area (Å²) in [5.41, 5.74) is -0.271. The fourth-order valence-corrected chi connectivity index (χ4v) is 2.65. The quantitative estimate of drug-likeness (QED) is 0.913. The molecule has 2 rings (SSSR count). The molecule has 0 spiro atoms. The smallest absolute Gasteiger partial charge is 0.165 e. The maximum atomic E-state index is 13.7. The van der Waals surface area contributed by atoms with Crippen LogP contribution in [0.25, 0.3) is 0 Å². The van der Waals surface area contributed by atoms with Crippen LogP contribution in [-0.4, -0.2) is 36.2 Å². The highest BCUT2D eigenvalue weighted by Gasteiger charge is 2.35. The average molecular weight is 267 g/mol. The van der Waals surface area contributed by atoms with Crippen molar-refractivity contribution in [1.82, 2.24) is 4.90 Å². The largest absolute Gasteiger partial charge is 0.494 e. The summed E-state index contributed by atoms with van der Waals surface area (Å²) in [7, 11) is 1.44. The maximum Gasteiger partial charge on any atom is 0.165 e. The molecule has 1 saturated heterocycles. The average Bonchev–Trinajstić information content (AvgIpc) is 2.39. The zero-order chi connectivity index (χ0) is 14.0. The molecule has 0 aliphatic carbocycles. The molecule has 1 N–H and O–H groups in total. The van der Waals surface area contributed by atoms with Gasteiger partial charge in [0.15, 0.2) is 11.6 Å². The van der Waals surface area contributed by atoms with E-state index in [1.54, 1.807) is 12.1 Å². The molecule has 1 fully saturated rings. The molecule has 19 heavy (non-hydrogen) atoms. The lowest BCUT2D eigenvalue weighted by molar-refractivity contribution is -0.0326. The molecule has 0 aromatic heterocycles. The minimum absolute atomic E-state index is 0.215. The second kappa shape index (κ2) is 5.47. The summed E-state index contributed by atoms with van der Waals surface area (Å²) in [5, 5.41) is 10.7. The van der Waals surface area contributed by atoms with Gasteiger partial charge < -0.3 is 14.7 Å². The van der Waals surface area contributed by atoms with Crippen molar-refractivity contribution in [3.63, 3.8) is 0 Å². The Morgan fingerprint density at radius 2 is 1.95 bits per heavy atom. The van der Waals surface area contributed by atoms with E-state index in [2.05, 4.69) is 18.7 Å². The molecule has 1 aliphatic heterocycles. The third kappa shape index (κ3) is 2.90. The van der Waals surface area contributed by atoms with Crippen LogP contribution in [0.15, 0.2) is 18.2 Å². The summed E-state index contributed by atoms with van der Waals surface area (Å²) in [6.45, 7) is 5.97. The molecular weight excluding hydrogens is 245 g/mol. The van der Waals surface area contributed by atoms with E-state index in [0.29, 0.717) is 24.4 Å². The number of ether oxygens (including phenoxy) is 1. The summed E-state index contributed by atoms with van der Waals surface area (Å²) in [5.74, 6) is -0.202. The SMILES string of the molecule is COc1ccc(C2(O)CCN(C(C)C)CC2)cc1F. The van der Waals surface area contributed by atoms with Crippen LogP contribution >= 0.6 is 0 Å². The molecule has 0 amide bonds. The van der Waals surface area contributed by atoms with Crippen molar-refractivity contribution in [3.8, 4) is 5.75 Å². The molecule has 4 heteroatoms. The van der Waals surface area contributed by atoms with Crippen molar-refractivity contribution in [2.24, 2.45) is 0 Å². The number of halogens is 1. The van der Waals surface area contributed by atoms with Gasteiger partial charge in [0.2, 0.25) is 0 Å². The number of rotatable bonds is 3. The number of likely N-dealkylation sites (tertiary alicyclic amines) is 1. The number of hydrogen-bond donors (Lipinski definition) is 1. The first-order chi connectivity index (χ1) is 8.96. The van der Waals surface area contributed by atoms with Crippen molar-refractivity contribution in [1.29, 1.82) is 0 Å². The number of hydrogen-bond acceptors (Lipinski definition) is 3. The fraction of sp³-hybridized carbons (Fsp3) is 0.600. The van der Waals surface area contributed by atoms with Crippen molar-refractivity contribution in [2.45, 2.75) is 38.3 Å². The number of nitrogens with zero attached hydrogens (tertiary/aromatic N) is 1. The van der Waals surface area contributed by atoms with E-state index in [1.165, 1.54) is 13.2 Å². The van der Waals surface area contributed by atoms with Crippen molar-refractivity contribution in [3.05, 3.63) is 29.6 Å². The predicted molar refractivity (Wildman–Crippen MR) is 72.8 cm³/mol. The molecule has 0 saturated carbocycles. The number of benzene rings is 1. The second-order valence-corrected chi connectivity index (χ2v) is 5.51. The normalized spacial score (nSPS) is 19.7. The van der Waals surface area contributed by atoms with Gasteiger partial charge in [0.05, 0.1) is 12.7 Å². The maximum absolute atomic E-state index is 13.7. The minimum atomic E-state index is -0.918. The van der Waals surface area contributed by atoms with Gasteiger partial charge in [0, 0.05) is 19.1 Å². The van der Waals surface area contributed by atoms with Crippen molar-refractivity contribution >= 4 is 0 Å². The summed E-state index contributed by atoms with van der Waals surface area (Å²) >= 11 is 0. The Balaban J connectivity index is 2.15. The van der Waals surface area contributed by atoms with Crippen LogP contribution in [-0.2, 0) is 5.60 Å². The van der Waals surface area contributed by atoms with Gasteiger partial charge in [-0.3, -0.25) is 0 Å². The summed E-state index contributed by atoms with van der Waals surface area (Å²) < 4.78 is 18.6. The first-order valence-electron chi connectivity index (χ1n) is 6.77. The molecule has 1 aliphatic rings. The molecule has 1 aromatic rings. The Morgan fingerprint density at radius 1 is 1.32 bits per heavy atom. The molecule has 106 valence electrons. The minimum Gasteiger partial charge on any atom is -0.494 e. The van der Waals surface area contributed by atoms with Gasteiger partial charge >= 0.3 is 0 Å². The van der Waals surface area contributed by atoms with Crippen molar-refractivity contribution in [2.75, 3.05) is 20.2 Å². The highest BCUT2D eigenvalue weighted by atomic mass is 19.1. The molecule has 0 radical (unpaired) electrons. The Labute approximate surface area is 114 Å². The lowest BCUT2D eigenvalue weighted by atomic mass is 9.84. The highest BCUT2D eigenvalue weighted by molar-refractivity contribution is 5.33. The summed E-state index contributed by atoms with van der Waals surface area (Å²) in [4.78, 5) is 2.33. The lowest BCUT2D eigenvalue weighted by Gasteiger charge is -2.40. The predicted octanol–water partition coefficient (Wildman–Crippen LogP) is 2.53. The Bertz CT molecular complexity index is 440. The molecule has 0 atom stereocenters. The summed E-state index contributed by atoms with van der Waals surface area (Å²) in [6.07, 6.45) is 1.27. The van der Waals surface area contributed by atoms with Gasteiger partial charge in [-0.15, -0.1) is 0 Å². The fourth-order valence-electron chi connectivity index (χ4n) is 2.65.